The van der Waals surface area contributed by atoms with E-state index in [1.54, 1.807) is 31.6 Å². The average molecular weight is 431 g/mol. The van der Waals surface area contributed by atoms with E-state index in [0.29, 0.717) is 28.6 Å². The highest BCUT2D eigenvalue weighted by Crippen LogP contribution is 2.29. The van der Waals surface area contributed by atoms with Crippen LogP contribution in [0.5, 0.6) is 5.75 Å². The van der Waals surface area contributed by atoms with Gasteiger partial charge in [-0.2, -0.15) is 9.97 Å². The van der Waals surface area contributed by atoms with Gasteiger partial charge < -0.3 is 19.9 Å². The predicted molar refractivity (Wildman–Crippen MR) is 122 cm³/mol. The molecule has 2 aromatic carbocycles. The lowest BCUT2D eigenvalue weighted by Gasteiger charge is -2.36. The minimum atomic E-state index is -0.295. The number of hydrogen-bond donors (Lipinski definition) is 1. The van der Waals surface area contributed by atoms with Gasteiger partial charge >= 0.3 is 0 Å². The maximum Gasteiger partial charge on any atom is 0.229 e. The number of halogens is 1. The highest BCUT2D eigenvalue weighted by Gasteiger charge is 2.23. The van der Waals surface area contributed by atoms with Gasteiger partial charge in [-0.25, -0.2) is 14.4 Å². The molecule has 1 aliphatic heterocycles. The number of piperazine rings is 1. The number of anilines is 4. The van der Waals surface area contributed by atoms with Gasteiger partial charge in [0.25, 0.3) is 0 Å². The van der Waals surface area contributed by atoms with E-state index in [9.17, 15) is 4.39 Å². The van der Waals surface area contributed by atoms with E-state index in [1.165, 1.54) is 12.1 Å². The molecule has 1 fully saturated rings. The van der Waals surface area contributed by atoms with E-state index in [4.69, 9.17) is 9.72 Å². The van der Waals surface area contributed by atoms with E-state index < -0.39 is 0 Å². The molecule has 0 amide bonds. The summed E-state index contributed by atoms with van der Waals surface area (Å²) in [5.74, 6) is 1.69. The summed E-state index contributed by atoms with van der Waals surface area (Å²) < 4.78 is 18.8. The van der Waals surface area contributed by atoms with Crippen LogP contribution in [0.3, 0.4) is 0 Å². The molecule has 5 rings (SSSR count). The van der Waals surface area contributed by atoms with Gasteiger partial charge in [0, 0.05) is 44.3 Å². The lowest BCUT2D eigenvalue weighted by Crippen LogP contribution is -2.47. The maximum atomic E-state index is 13.3. The number of nitrogens with one attached hydrogen (secondary N) is 1. The highest BCUT2D eigenvalue weighted by atomic mass is 19.1. The minimum absolute atomic E-state index is 0.295. The third kappa shape index (κ3) is 3.96. The first kappa shape index (κ1) is 19.9. The van der Waals surface area contributed by atoms with Crippen molar-refractivity contribution >= 4 is 34.3 Å². The Labute approximate surface area is 184 Å². The lowest BCUT2D eigenvalue weighted by atomic mass is 10.2. The van der Waals surface area contributed by atoms with Gasteiger partial charge in [0.1, 0.15) is 11.6 Å². The smallest absolute Gasteiger partial charge is 0.229 e. The van der Waals surface area contributed by atoms with Gasteiger partial charge in [0.2, 0.25) is 5.95 Å². The summed E-state index contributed by atoms with van der Waals surface area (Å²) in [5, 5.41) is 3.23. The molecular weight excluding hydrogens is 409 g/mol. The number of rotatable bonds is 5. The third-order valence-electron chi connectivity index (χ3n) is 5.42. The Morgan fingerprint density at radius 2 is 1.59 bits per heavy atom. The van der Waals surface area contributed by atoms with Crippen LogP contribution in [0.15, 0.2) is 60.9 Å². The van der Waals surface area contributed by atoms with Crippen molar-refractivity contribution in [2.45, 2.75) is 0 Å². The fraction of sp³-hybridized carbons (Fsp3) is 0.217. The second kappa shape index (κ2) is 8.62. The standard InChI is InChI=1S/C23H22FN7O/c1-32-19-5-3-2-4-18(19)30-12-14-31(15-13-30)23-28-21-20(25-10-11-26-21)22(29-23)27-17-8-6-16(24)7-9-17/h2-11H,12-15H2,1H3,(H,26,27,28,29). The number of methoxy groups -OCH3 is 1. The fourth-order valence-corrected chi connectivity index (χ4v) is 3.79. The van der Waals surface area contributed by atoms with Gasteiger partial charge in [-0.05, 0) is 36.4 Å². The summed E-state index contributed by atoms with van der Waals surface area (Å²) in [6, 6.07) is 14.1. The van der Waals surface area contributed by atoms with Crippen molar-refractivity contribution in [1.29, 1.82) is 0 Å². The number of ether oxygens (including phenoxy) is 1. The zero-order valence-corrected chi connectivity index (χ0v) is 17.6. The summed E-state index contributed by atoms with van der Waals surface area (Å²) in [4.78, 5) is 22.6. The molecule has 9 heteroatoms. The number of nitrogens with zero attached hydrogens (tertiary/aromatic N) is 6. The summed E-state index contributed by atoms with van der Waals surface area (Å²) >= 11 is 0. The summed E-state index contributed by atoms with van der Waals surface area (Å²) in [7, 11) is 1.69. The zero-order valence-electron chi connectivity index (χ0n) is 17.6. The van der Waals surface area contributed by atoms with Crippen LogP contribution in [0.2, 0.25) is 0 Å². The average Bonchev–Trinajstić information content (AvgIpc) is 2.85. The largest absolute Gasteiger partial charge is 0.495 e. The van der Waals surface area contributed by atoms with Crippen LogP contribution in [-0.2, 0) is 0 Å². The molecule has 0 bridgehead atoms. The summed E-state index contributed by atoms with van der Waals surface area (Å²) in [5.41, 5.74) is 2.87. The zero-order chi connectivity index (χ0) is 21.9. The van der Waals surface area contributed by atoms with E-state index in [-0.39, 0.29) is 5.82 Å². The monoisotopic (exact) mass is 431 g/mol. The Hall–Kier alpha value is -4.01. The molecule has 2 aromatic heterocycles. The van der Waals surface area contributed by atoms with Gasteiger partial charge in [-0.3, -0.25) is 0 Å². The Kier molecular flexibility index (Phi) is 5.37. The molecule has 8 nitrogen and oxygen atoms in total. The molecule has 1 aliphatic rings. The topological polar surface area (TPSA) is 79.3 Å². The van der Waals surface area contributed by atoms with Crippen molar-refractivity contribution < 1.29 is 9.13 Å². The van der Waals surface area contributed by atoms with Crippen molar-refractivity contribution in [3.8, 4) is 5.75 Å². The number of benzene rings is 2. The number of aromatic nitrogens is 4. The van der Waals surface area contributed by atoms with E-state index in [2.05, 4.69) is 36.1 Å². The van der Waals surface area contributed by atoms with E-state index >= 15 is 0 Å². The molecule has 1 saturated heterocycles. The lowest BCUT2D eigenvalue weighted by molar-refractivity contribution is 0.413. The molecule has 0 unspecified atom stereocenters. The second-order valence-corrected chi connectivity index (χ2v) is 7.38. The molecule has 4 aromatic rings. The second-order valence-electron chi connectivity index (χ2n) is 7.38. The van der Waals surface area contributed by atoms with Crippen molar-refractivity contribution in [1.82, 2.24) is 19.9 Å². The quantitative estimate of drug-likeness (QED) is 0.513. The van der Waals surface area contributed by atoms with Gasteiger partial charge in [0.05, 0.1) is 12.8 Å². The molecule has 0 aliphatic carbocycles. The molecule has 3 heterocycles. The Balaban J connectivity index is 1.40. The Morgan fingerprint density at radius 3 is 2.38 bits per heavy atom. The highest BCUT2D eigenvalue weighted by molar-refractivity contribution is 5.85. The number of fused-ring (bicyclic) bond motifs is 1. The van der Waals surface area contributed by atoms with Gasteiger partial charge in [0.15, 0.2) is 17.0 Å². The molecule has 0 radical (unpaired) electrons. The van der Waals surface area contributed by atoms with E-state index in [0.717, 1.165) is 37.6 Å². The van der Waals surface area contributed by atoms with Crippen LogP contribution in [0, 0.1) is 5.82 Å². The number of hydrogen-bond acceptors (Lipinski definition) is 8. The molecule has 1 N–H and O–H groups in total. The van der Waals surface area contributed by atoms with Crippen molar-refractivity contribution in [2.75, 3.05) is 48.4 Å². The van der Waals surface area contributed by atoms with Crippen LogP contribution < -0.4 is 19.9 Å². The van der Waals surface area contributed by atoms with E-state index in [1.807, 2.05) is 18.2 Å². The Morgan fingerprint density at radius 1 is 0.875 bits per heavy atom. The third-order valence-corrected chi connectivity index (χ3v) is 5.42. The normalized spacial score (nSPS) is 13.9. The fourth-order valence-electron chi connectivity index (χ4n) is 3.79. The first-order valence-corrected chi connectivity index (χ1v) is 10.4. The number of para-hydroxylation sites is 2. The summed E-state index contributed by atoms with van der Waals surface area (Å²) in [6.45, 7) is 3.12. The molecule has 0 atom stereocenters. The molecule has 0 saturated carbocycles. The molecule has 0 spiro atoms. The molecular formula is C23H22FN7O. The minimum Gasteiger partial charge on any atom is -0.495 e. The SMILES string of the molecule is COc1ccccc1N1CCN(c2nc(Nc3ccc(F)cc3)c3nccnc3n2)CC1. The van der Waals surface area contributed by atoms with Gasteiger partial charge in [-0.15, -0.1) is 0 Å². The van der Waals surface area contributed by atoms with Crippen molar-refractivity contribution in [3.05, 3.63) is 66.7 Å². The predicted octanol–water partition coefficient (Wildman–Crippen LogP) is 3.64. The van der Waals surface area contributed by atoms with Crippen molar-refractivity contribution in [3.63, 3.8) is 0 Å². The first-order chi connectivity index (χ1) is 15.7. The van der Waals surface area contributed by atoms with Crippen LogP contribution in [0.4, 0.5) is 27.5 Å². The van der Waals surface area contributed by atoms with Crippen LogP contribution in [0.25, 0.3) is 11.2 Å². The van der Waals surface area contributed by atoms with Gasteiger partial charge in [-0.1, -0.05) is 12.1 Å². The summed E-state index contributed by atoms with van der Waals surface area (Å²) in [6.07, 6.45) is 3.22. The maximum absolute atomic E-state index is 13.3. The molecule has 32 heavy (non-hydrogen) atoms. The Bertz CT molecular complexity index is 1230. The molecule has 162 valence electrons. The first-order valence-electron chi connectivity index (χ1n) is 10.4. The van der Waals surface area contributed by atoms with Crippen molar-refractivity contribution in [2.24, 2.45) is 0 Å². The van der Waals surface area contributed by atoms with Crippen LogP contribution in [0.1, 0.15) is 0 Å². The van der Waals surface area contributed by atoms with Crippen LogP contribution >= 0.6 is 0 Å². The van der Waals surface area contributed by atoms with Crippen LogP contribution in [-0.4, -0.2) is 53.2 Å².